The van der Waals surface area contributed by atoms with Crippen LogP contribution >= 0.6 is 0 Å². The minimum absolute atomic E-state index is 0.0325. The monoisotopic (exact) mass is 276 g/mol. The molecule has 110 valence electrons. The van der Waals surface area contributed by atoms with Crippen molar-refractivity contribution < 1.29 is 9.84 Å². The van der Waals surface area contributed by atoms with E-state index in [9.17, 15) is 5.11 Å². The Morgan fingerprint density at radius 3 is 2.65 bits per heavy atom. The lowest BCUT2D eigenvalue weighted by Gasteiger charge is -2.56. The van der Waals surface area contributed by atoms with Gasteiger partial charge in [0.15, 0.2) is 0 Å². The fourth-order valence-electron chi connectivity index (χ4n) is 3.69. The summed E-state index contributed by atoms with van der Waals surface area (Å²) in [5.41, 5.74) is 1.34. The number of aliphatic hydroxyl groups excluding tert-OH is 1. The van der Waals surface area contributed by atoms with Crippen LogP contribution < -0.4 is 0 Å². The van der Waals surface area contributed by atoms with E-state index < -0.39 is 0 Å². The van der Waals surface area contributed by atoms with E-state index in [1.54, 1.807) is 0 Å². The second-order valence-corrected chi connectivity index (χ2v) is 6.06. The average molecular weight is 276 g/mol. The number of ether oxygens (including phenoxy) is 1. The summed E-state index contributed by atoms with van der Waals surface area (Å²) < 4.78 is 5.81. The third kappa shape index (κ3) is 2.48. The lowest BCUT2D eigenvalue weighted by Crippen LogP contribution is -2.62. The fraction of sp³-hybridized carbons (Fsp3) is 0.688. The summed E-state index contributed by atoms with van der Waals surface area (Å²) in [6.45, 7) is 5.86. The van der Waals surface area contributed by atoms with Crippen molar-refractivity contribution in [2.24, 2.45) is 5.41 Å². The zero-order chi connectivity index (χ0) is 14.0. The molecule has 2 atom stereocenters. The molecule has 1 aromatic heterocycles. The number of pyridine rings is 1. The summed E-state index contributed by atoms with van der Waals surface area (Å²) in [6.07, 6.45) is 6.71. The van der Waals surface area contributed by atoms with Gasteiger partial charge >= 0.3 is 0 Å². The molecule has 0 bridgehead atoms. The van der Waals surface area contributed by atoms with Crippen molar-refractivity contribution in [2.75, 3.05) is 19.7 Å². The zero-order valence-electron chi connectivity index (χ0n) is 12.2. The highest BCUT2D eigenvalue weighted by Crippen LogP contribution is 2.51. The molecular formula is C16H24N2O2. The number of likely N-dealkylation sites (tertiary alicyclic amines) is 1. The highest BCUT2D eigenvalue weighted by Gasteiger charge is 2.55. The van der Waals surface area contributed by atoms with Crippen molar-refractivity contribution in [3.05, 3.63) is 30.1 Å². The summed E-state index contributed by atoms with van der Waals surface area (Å²) in [7, 11) is 0. The van der Waals surface area contributed by atoms with Gasteiger partial charge in [-0.2, -0.15) is 0 Å². The first kappa shape index (κ1) is 14.0. The maximum atomic E-state index is 10.2. The Balaban J connectivity index is 1.56. The van der Waals surface area contributed by atoms with Crippen molar-refractivity contribution in [2.45, 2.75) is 44.9 Å². The molecule has 2 heterocycles. The highest BCUT2D eigenvalue weighted by molar-refractivity contribution is 5.11. The zero-order valence-corrected chi connectivity index (χ0v) is 12.2. The Hall–Kier alpha value is -0.970. The van der Waals surface area contributed by atoms with Gasteiger partial charge in [0, 0.05) is 37.4 Å². The van der Waals surface area contributed by atoms with Crippen LogP contribution in [-0.4, -0.2) is 46.9 Å². The molecule has 1 saturated heterocycles. The second-order valence-electron chi connectivity index (χ2n) is 6.06. The van der Waals surface area contributed by atoms with Gasteiger partial charge in [0.25, 0.3) is 0 Å². The fourth-order valence-corrected chi connectivity index (χ4v) is 3.69. The van der Waals surface area contributed by atoms with E-state index in [1.807, 2.05) is 19.3 Å². The Morgan fingerprint density at radius 1 is 1.35 bits per heavy atom. The van der Waals surface area contributed by atoms with Gasteiger partial charge in [-0.3, -0.25) is 9.88 Å². The first-order valence-corrected chi connectivity index (χ1v) is 7.65. The van der Waals surface area contributed by atoms with Crippen LogP contribution in [0.4, 0.5) is 0 Å². The van der Waals surface area contributed by atoms with Gasteiger partial charge in [-0.25, -0.2) is 0 Å². The van der Waals surface area contributed by atoms with Crippen LogP contribution in [0, 0.1) is 5.41 Å². The molecule has 1 aliphatic carbocycles. The lowest BCUT2D eigenvalue weighted by molar-refractivity contribution is -0.209. The van der Waals surface area contributed by atoms with Crippen LogP contribution in [0.25, 0.3) is 0 Å². The SMILES string of the molecule is CCOC1CC(O)C12CCN(Cc1ccncc1)CC2. The van der Waals surface area contributed by atoms with E-state index in [0.29, 0.717) is 0 Å². The number of nitrogens with zero attached hydrogens (tertiary/aromatic N) is 2. The molecular weight excluding hydrogens is 252 g/mol. The van der Waals surface area contributed by atoms with Gasteiger partial charge in [0.1, 0.15) is 0 Å². The number of rotatable bonds is 4. The number of aromatic nitrogens is 1. The predicted molar refractivity (Wildman–Crippen MR) is 77.2 cm³/mol. The van der Waals surface area contributed by atoms with E-state index in [0.717, 1.165) is 45.5 Å². The van der Waals surface area contributed by atoms with Crippen LogP contribution in [0.3, 0.4) is 0 Å². The first-order valence-electron chi connectivity index (χ1n) is 7.65. The molecule has 0 amide bonds. The predicted octanol–water partition coefficient (Wildman–Crippen LogP) is 1.83. The Morgan fingerprint density at radius 2 is 2.05 bits per heavy atom. The van der Waals surface area contributed by atoms with Crippen LogP contribution in [0.2, 0.25) is 0 Å². The van der Waals surface area contributed by atoms with Crippen LogP contribution in [0.1, 0.15) is 31.7 Å². The quantitative estimate of drug-likeness (QED) is 0.911. The Bertz CT molecular complexity index is 427. The molecule has 0 aromatic carbocycles. The maximum absolute atomic E-state index is 10.2. The number of hydrogen-bond donors (Lipinski definition) is 1. The smallest absolute Gasteiger partial charge is 0.0681 e. The molecule has 3 rings (SSSR count). The van der Waals surface area contributed by atoms with Crippen LogP contribution in [-0.2, 0) is 11.3 Å². The van der Waals surface area contributed by atoms with E-state index in [1.165, 1.54) is 5.56 Å². The van der Waals surface area contributed by atoms with E-state index in [4.69, 9.17) is 4.74 Å². The van der Waals surface area contributed by atoms with Crippen molar-refractivity contribution in [1.82, 2.24) is 9.88 Å². The minimum atomic E-state index is -0.165. The van der Waals surface area contributed by atoms with Gasteiger partial charge in [-0.1, -0.05) is 0 Å². The molecule has 2 fully saturated rings. The topological polar surface area (TPSA) is 45.6 Å². The third-order valence-corrected chi connectivity index (χ3v) is 5.05. The summed E-state index contributed by atoms with van der Waals surface area (Å²) >= 11 is 0. The lowest BCUT2D eigenvalue weighted by atomic mass is 9.58. The van der Waals surface area contributed by atoms with Gasteiger partial charge in [0.2, 0.25) is 0 Å². The van der Waals surface area contributed by atoms with Gasteiger partial charge in [-0.15, -0.1) is 0 Å². The van der Waals surface area contributed by atoms with Crippen molar-refractivity contribution in [3.8, 4) is 0 Å². The molecule has 2 aliphatic rings. The molecule has 1 aromatic rings. The van der Waals surface area contributed by atoms with Crippen LogP contribution in [0.15, 0.2) is 24.5 Å². The number of hydrogen-bond acceptors (Lipinski definition) is 4. The van der Waals surface area contributed by atoms with Crippen molar-refractivity contribution in [1.29, 1.82) is 0 Å². The second kappa shape index (κ2) is 5.80. The van der Waals surface area contributed by atoms with Crippen LogP contribution in [0.5, 0.6) is 0 Å². The molecule has 4 nitrogen and oxygen atoms in total. The molecule has 1 aliphatic heterocycles. The van der Waals surface area contributed by atoms with Gasteiger partial charge in [0.05, 0.1) is 12.2 Å². The Kier molecular flexibility index (Phi) is 4.06. The van der Waals surface area contributed by atoms with E-state index in [-0.39, 0.29) is 17.6 Å². The molecule has 20 heavy (non-hydrogen) atoms. The highest BCUT2D eigenvalue weighted by atomic mass is 16.5. The third-order valence-electron chi connectivity index (χ3n) is 5.05. The first-order chi connectivity index (χ1) is 9.74. The molecule has 1 N–H and O–H groups in total. The normalized spacial score (nSPS) is 29.3. The molecule has 4 heteroatoms. The average Bonchev–Trinajstić information content (AvgIpc) is 2.49. The van der Waals surface area contributed by atoms with Crippen molar-refractivity contribution >= 4 is 0 Å². The molecule has 1 spiro atoms. The van der Waals surface area contributed by atoms with Gasteiger partial charge < -0.3 is 9.84 Å². The minimum Gasteiger partial charge on any atom is -0.392 e. The summed E-state index contributed by atoms with van der Waals surface area (Å²) in [4.78, 5) is 6.52. The van der Waals surface area contributed by atoms with Gasteiger partial charge in [-0.05, 0) is 50.6 Å². The van der Waals surface area contributed by atoms with E-state index in [2.05, 4.69) is 22.0 Å². The largest absolute Gasteiger partial charge is 0.392 e. The molecule has 0 radical (unpaired) electrons. The summed E-state index contributed by atoms with van der Waals surface area (Å²) in [5.74, 6) is 0. The number of aliphatic hydroxyl groups is 1. The number of piperidine rings is 1. The summed E-state index contributed by atoms with van der Waals surface area (Å²) in [5, 5.41) is 10.2. The maximum Gasteiger partial charge on any atom is 0.0681 e. The molecule has 2 unspecified atom stereocenters. The Labute approximate surface area is 120 Å². The summed E-state index contributed by atoms with van der Waals surface area (Å²) in [6, 6.07) is 4.15. The molecule has 1 saturated carbocycles. The standard InChI is InChI=1S/C16H24N2O2/c1-2-20-15-11-14(19)16(15)5-9-18(10-6-16)12-13-3-7-17-8-4-13/h3-4,7-8,14-15,19H,2,5-6,9-12H2,1H3. The van der Waals surface area contributed by atoms with E-state index >= 15 is 0 Å². The van der Waals surface area contributed by atoms with Crippen molar-refractivity contribution in [3.63, 3.8) is 0 Å².